The zero-order valence-corrected chi connectivity index (χ0v) is 7.71. The Labute approximate surface area is 78.1 Å². The molecule has 1 aromatic carbocycles. The van der Waals surface area contributed by atoms with Gasteiger partial charge in [-0.25, -0.2) is 0 Å². The van der Waals surface area contributed by atoms with Crippen LogP contribution in [0.15, 0.2) is 24.3 Å². The third kappa shape index (κ3) is 1.82. The zero-order valence-electron chi connectivity index (χ0n) is 7.71. The molecule has 0 bridgehead atoms. The highest BCUT2D eigenvalue weighted by Gasteiger charge is 2.15. The molecular formula is C10H14N2O. The summed E-state index contributed by atoms with van der Waals surface area (Å²) in [5.74, 6) is 0.912. The van der Waals surface area contributed by atoms with E-state index in [9.17, 15) is 0 Å². The molecule has 1 aliphatic heterocycles. The van der Waals surface area contributed by atoms with E-state index in [2.05, 4.69) is 23.0 Å². The van der Waals surface area contributed by atoms with Crippen LogP contribution in [0, 0.1) is 0 Å². The molecule has 0 saturated carbocycles. The molecule has 0 radical (unpaired) electrons. The Morgan fingerprint density at radius 1 is 1.31 bits per heavy atom. The third-order valence-electron chi connectivity index (χ3n) is 2.35. The molecule has 0 aliphatic carbocycles. The summed E-state index contributed by atoms with van der Waals surface area (Å²) >= 11 is 0. The van der Waals surface area contributed by atoms with Gasteiger partial charge in [-0.3, -0.25) is 10.9 Å². The maximum atomic E-state index is 5.10. The molecule has 1 aromatic rings. The van der Waals surface area contributed by atoms with Crippen molar-refractivity contribution in [2.45, 2.75) is 12.5 Å². The van der Waals surface area contributed by atoms with E-state index in [0.717, 1.165) is 18.7 Å². The second-order valence-corrected chi connectivity index (χ2v) is 3.19. The zero-order chi connectivity index (χ0) is 9.10. The predicted molar refractivity (Wildman–Crippen MR) is 51.5 cm³/mol. The van der Waals surface area contributed by atoms with Crippen molar-refractivity contribution in [2.24, 2.45) is 0 Å². The second kappa shape index (κ2) is 3.77. The lowest BCUT2D eigenvalue weighted by Gasteiger charge is -2.09. The maximum absolute atomic E-state index is 5.10. The largest absolute Gasteiger partial charge is 0.497 e. The Balaban J connectivity index is 2.12. The molecule has 3 nitrogen and oxygen atoms in total. The Morgan fingerprint density at radius 3 is 2.62 bits per heavy atom. The van der Waals surface area contributed by atoms with E-state index in [0.29, 0.717) is 6.04 Å². The molecule has 0 spiro atoms. The maximum Gasteiger partial charge on any atom is 0.118 e. The van der Waals surface area contributed by atoms with E-state index in [4.69, 9.17) is 4.74 Å². The Bertz CT molecular complexity index is 265. The lowest BCUT2D eigenvalue weighted by molar-refractivity contribution is 0.414. The highest BCUT2D eigenvalue weighted by atomic mass is 16.5. The van der Waals surface area contributed by atoms with E-state index in [1.807, 2.05) is 12.1 Å². The quantitative estimate of drug-likeness (QED) is 0.714. The first-order chi connectivity index (χ1) is 6.40. The summed E-state index contributed by atoms with van der Waals surface area (Å²) in [5.41, 5.74) is 7.65. The first kappa shape index (κ1) is 8.53. The van der Waals surface area contributed by atoms with Crippen LogP contribution in [0.2, 0.25) is 0 Å². The fourth-order valence-corrected chi connectivity index (χ4v) is 1.57. The van der Waals surface area contributed by atoms with Crippen molar-refractivity contribution in [1.29, 1.82) is 0 Å². The highest BCUT2D eigenvalue weighted by Crippen LogP contribution is 2.21. The molecule has 1 heterocycles. The van der Waals surface area contributed by atoms with E-state index in [-0.39, 0.29) is 0 Å². The lowest BCUT2D eigenvalue weighted by Crippen LogP contribution is -2.24. The number of hydrogen-bond donors (Lipinski definition) is 2. The minimum atomic E-state index is 0.450. The Morgan fingerprint density at radius 2 is 2.08 bits per heavy atom. The number of rotatable bonds is 2. The standard InChI is InChI=1S/C10H14N2O/c1-13-9-4-2-8(3-5-9)10-6-7-11-12-10/h2-5,10-12H,6-7H2,1H3. The molecule has 70 valence electrons. The minimum Gasteiger partial charge on any atom is -0.497 e. The van der Waals surface area contributed by atoms with Gasteiger partial charge in [0.1, 0.15) is 5.75 Å². The van der Waals surface area contributed by atoms with Gasteiger partial charge >= 0.3 is 0 Å². The molecule has 1 unspecified atom stereocenters. The molecule has 1 fully saturated rings. The molecule has 2 rings (SSSR count). The molecule has 2 N–H and O–H groups in total. The minimum absolute atomic E-state index is 0.450. The van der Waals surface area contributed by atoms with Crippen LogP contribution in [-0.4, -0.2) is 13.7 Å². The van der Waals surface area contributed by atoms with Gasteiger partial charge in [-0.05, 0) is 24.1 Å². The number of hydrogen-bond acceptors (Lipinski definition) is 3. The summed E-state index contributed by atoms with van der Waals surface area (Å²) in [6.07, 6.45) is 1.15. The average molecular weight is 178 g/mol. The van der Waals surface area contributed by atoms with Crippen molar-refractivity contribution in [3.63, 3.8) is 0 Å². The van der Waals surface area contributed by atoms with Crippen molar-refractivity contribution >= 4 is 0 Å². The van der Waals surface area contributed by atoms with E-state index < -0.39 is 0 Å². The van der Waals surface area contributed by atoms with Gasteiger partial charge in [0.05, 0.1) is 7.11 Å². The van der Waals surface area contributed by atoms with Crippen LogP contribution in [0.1, 0.15) is 18.0 Å². The van der Waals surface area contributed by atoms with E-state index >= 15 is 0 Å². The number of benzene rings is 1. The molecule has 0 aromatic heterocycles. The second-order valence-electron chi connectivity index (χ2n) is 3.19. The summed E-state index contributed by atoms with van der Waals surface area (Å²) in [4.78, 5) is 0. The SMILES string of the molecule is COc1ccc(C2CCNN2)cc1. The van der Waals surface area contributed by atoms with Gasteiger partial charge in [-0.1, -0.05) is 12.1 Å². The van der Waals surface area contributed by atoms with Crippen molar-refractivity contribution in [2.75, 3.05) is 13.7 Å². The van der Waals surface area contributed by atoms with Gasteiger partial charge in [0.25, 0.3) is 0 Å². The van der Waals surface area contributed by atoms with Crippen LogP contribution in [0.4, 0.5) is 0 Å². The summed E-state index contributed by atoms with van der Waals surface area (Å²) in [7, 11) is 1.68. The third-order valence-corrected chi connectivity index (χ3v) is 2.35. The number of methoxy groups -OCH3 is 1. The molecule has 3 heteroatoms. The molecule has 1 atom stereocenters. The van der Waals surface area contributed by atoms with Crippen LogP contribution < -0.4 is 15.6 Å². The highest BCUT2D eigenvalue weighted by molar-refractivity contribution is 5.29. The van der Waals surface area contributed by atoms with Crippen molar-refractivity contribution in [3.8, 4) is 5.75 Å². The summed E-state index contributed by atoms with van der Waals surface area (Å²) in [6.45, 7) is 1.04. The van der Waals surface area contributed by atoms with Gasteiger partial charge in [-0.2, -0.15) is 0 Å². The smallest absolute Gasteiger partial charge is 0.118 e. The van der Waals surface area contributed by atoms with Crippen LogP contribution in [0.5, 0.6) is 5.75 Å². The van der Waals surface area contributed by atoms with Crippen LogP contribution >= 0.6 is 0 Å². The Kier molecular flexibility index (Phi) is 2.47. The predicted octanol–water partition coefficient (Wildman–Crippen LogP) is 1.23. The van der Waals surface area contributed by atoms with E-state index in [1.54, 1.807) is 7.11 Å². The first-order valence-electron chi connectivity index (χ1n) is 4.52. The van der Waals surface area contributed by atoms with Gasteiger partial charge in [-0.15, -0.1) is 0 Å². The number of nitrogens with one attached hydrogen (secondary N) is 2. The van der Waals surface area contributed by atoms with Gasteiger partial charge in [0.15, 0.2) is 0 Å². The van der Waals surface area contributed by atoms with Crippen LogP contribution in [0.25, 0.3) is 0 Å². The van der Waals surface area contributed by atoms with Gasteiger partial charge < -0.3 is 4.74 Å². The van der Waals surface area contributed by atoms with Crippen LogP contribution in [-0.2, 0) is 0 Å². The number of ether oxygens (including phenoxy) is 1. The normalized spacial score (nSPS) is 21.8. The lowest BCUT2D eigenvalue weighted by atomic mass is 10.1. The summed E-state index contributed by atoms with van der Waals surface area (Å²) in [5, 5.41) is 0. The van der Waals surface area contributed by atoms with Crippen molar-refractivity contribution in [3.05, 3.63) is 29.8 Å². The summed E-state index contributed by atoms with van der Waals surface area (Å²) in [6, 6.07) is 8.64. The van der Waals surface area contributed by atoms with Crippen molar-refractivity contribution in [1.82, 2.24) is 10.9 Å². The van der Waals surface area contributed by atoms with E-state index in [1.165, 1.54) is 5.56 Å². The van der Waals surface area contributed by atoms with Gasteiger partial charge in [0.2, 0.25) is 0 Å². The molecule has 1 saturated heterocycles. The summed E-state index contributed by atoms with van der Waals surface area (Å²) < 4.78 is 5.10. The molecular weight excluding hydrogens is 164 g/mol. The monoisotopic (exact) mass is 178 g/mol. The van der Waals surface area contributed by atoms with Crippen molar-refractivity contribution < 1.29 is 4.74 Å². The fourth-order valence-electron chi connectivity index (χ4n) is 1.57. The molecule has 0 amide bonds. The number of hydrazine groups is 1. The van der Waals surface area contributed by atoms with Gasteiger partial charge in [0, 0.05) is 12.6 Å². The van der Waals surface area contributed by atoms with Crippen LogP contribution in [0.3, 0.4) is 0 Å². The topological polar surface area (TPSA) is 33.3 Å². The fraction of sp³-hybridized carbons (Fsp3) is 0.400. The molecule has 13 heavy (non-hydrogen) atoms. The Hall–Kier alpha value is -1.06. The molecule has 1 aliphatic rings. The average Bonchev–Trinajstić information content (AvgIpc) is 2.71. The first-order valence-corrected chi connectivity index (χ1v) is 4.52.